The van der Waals surface area contributed by atoms with E-state index in [0.717, 1.165) is 28.2 Å². The van der Waals surface area contributed by atoms with E-state index < -0.39 is 5.54 Å². The summed E-state index contributed by atoms with van der Waals surface area (Å²) in [5, 5.41) is 6.28. The maximum Gasteiger partial charge on any atom is 0.252 e. The molecule has 5 nitrogen and oxygen atoms in total. The fraction of sp³-hybridized carbons (Fsp3) is 0.364. The van der Waals surface area contributed by atoms with Crippen molar-refractivity contribution in [3.8, 4) is 0 Å². The minimum atomic E-state index is -0.764. The number of anilines is 3. The lowest BCUT2D eigenvalue weighted by molar-refractivity contribution is -0.124. The molecule has 0 atom stereocenters. The molecule has 2 aromatic rings. The first-order valence-electron chi connectivity index (χ1n) is 9.29. The van der Waals surface area contributed by atoms with E-state index in [2.05, 4.69) is 24.5 Å². The molecule has 0 spiro atoms. The highest BCUT2D eigenvalue weighted by atomic mass is 16.2. The zero-order valence-corrected chi connectivity index (χ0v) is 16.6. The Balaban J connectivity index is 1.88. The lowest BCUT2D eigenvalue weighted by Crippen LogP contribution is -2.55. The predicted octanol–water partition coefficient (Wildman–Crippen LogP) is 4.29. The summed E-state index contributed by atoms with van der Waals surface area (Å²) in [4.78, 5) is 27.3. The summed E-state index contributed by atoms with van der Waals surface area (Å²) in [6.07, 6.45) is 0. The highest BCUT2D eigenvalue weighted by molar-refractivity contribution is 6.11. The Morgan fingerprint density at radius 1 is 1.15 bits per heavy atom. The minimum Gasteiger partial charge on any atom is -0.370 e. The minimum absolute atomic E-state index is 0.0210. The van der Waals surface area contributed by atoms with E-state index >= 15 is 0 Å². The molecule has 0 bridgehead atoms. The standard InChI is InChI=1S/C22H27N3O2/c1-14(2)16-10-8-9-15(3)20(16)23-19(26)13-25-18-12-7-6-11-17(18)24-22(4,5)21(25)27/h6-12,14,24H,13H2,1-5H3,(H,23,26). The Bertz CT molecular complexity index is 887. The number of hydrogen-bond acceptors (Lipinski definition) is 3. The van der Waals surface area contributed by atoms with Gasteiger partial charge in [-0.05, 0) is 49.9 Å². The summed E-state index contributed by atoms with van der Waals surface area (Å²) < 4.78 is 0. The van der Waals surface area contributed by atoms with E-state index in [1.807, 2.05) is 63.2 Å². The normalized spacial score (nSPS) is 15.3. The first kappa shape index (κ1) is 19.0. The van der Waals surface area contributed by atoms with E-state index in [0.29, 0.717) is 5.92 Å². The summed E-state index contributed by atoms with van der Waals surface area (Å²) in [7, 11) is 0. The third-order valence-corrected chi connectivity index (χ3v) is 4.91. The maximum absolute atomic E-state index is 12.9. The third kappa shape index (κ3) is 3.68. The van der Waals surface area contributed by atoms with Crippen LogP contribution in [0.25, 0.3) is 0 Å². The second kappa shape index (κ2) is 7.06. The largest absolute Gasteiger partial charge is 0.370 e. The molecular weight excluding hydrogens is 338 g/mol. The van der Waals surface area contributed by atoms with E-state index in [1.165, 1.54) is 0 Å². The lowest BCUT2D eigenvalue weighted by atomic mass is 9.97. The molecule has 0 saturated carbocycles. The van der Waals surface area contributed by atoms with Gasteiger partial charge in [-0.15, -0.1) is 0 Å². The van der Waals surface area contributed by atoms with Gasteiger partial charge in [0, 0.05) is 5.69 Å². The van der Waals surface area contributed by atoms with Crippen molar-refractivity contribution in [2.75, 3.05) is 22.1 Å². The first-order valence-corrected chi connectivity index (χ1v) is 9.29. The molecule has 0 aliphatic carbocycles. The van der Waals surface area contributed by atoms with Crippen LogP contribution in [0.4, 0.5) is 17.1 Å². The predicted molar refractivity (Wildman–Crippen MR) is 110 cm³/mol. The fourth-order valence-corrected chi connectivity index (χ4v) is 3.47. The van der Waals surface area contributed by atoms with Crippen molar-refractivity contribution < 1.29 is 9.59 Å². The van der Waals surface area contributed by atoms with Crippen LogP contribution >= 0.6 is 0 Å². The van der Waals surface area contributed by atoms with Gasteiger partial charge in [0.25, 0.3) is 5.91 Å². The molecule has 2 aromatic carbocycles. The summed E-state index contributed by atoms with van der Waals surface area (Å²) in [6.45, 7) is 9.82. The number of rotatable bonds is 4. The second-order valence-electron chi connectivity index (χ2n) is 7.90. The molecule has 142 valence electrons. The zero-order chi connectivity index (χ0) is 19.8. The van der Waals surface area contributed by atoms with Crippen molar-refractivity contribution in [2.45, 2.75) is 46.1 Å². The molecule has 0 saturated heterocycles. The smallest absolute Gasteiger partial charge is 0.252 e. The summed E-state index contributed by atoms with van der Waals surface area (Å²) in [5.74, 6) is -0.0297. The average Bonchev–Trinajstić information content (AvgIpc) is 2.60. The molecule has 5 heteroatoms. The van der Waals surface area contributed by atoms with Gasteiger partial charge >= 0.3 is 0 Å². The summed E-state index contributed by atoms with van der Waals surface area (Å²) >= 11 is 0. The van der Waals surface area contributed by atoms with Crippen molar-refractivity contribution in [2.24, 2.45) is 0 Å². The summed E-state index contributed by atoms with van der Waals surface area (Å²) in [5.41, 5.74) is 3.77. The van der Waals surface area contributed by atoms with Gasteiger partial charge in [-0.1, -0.05) is 44.2 Å². The van der Waals surface area contributed by atoms with Crippen LogP contribution in [0.1, 0.15) is 44.7 Å². The van der Waals surface area contributed by atoms with Crippen molar-refractivity contribution in [1.82, 2.24) is 0 Å². The molecule has 2 amide bonds. The van der Waals surface area contributed by atoms with Gasteiger partial charge in [0.1, 0.15) is 12.1 Å². The van der Waals surface area contributed by atoms with Gasteiger partial charge in [-0.2, -0.15) is 0 Å². The summed E-state index contributed by atoms with van der Waals surface area (Å²) in [6, 6.07) is 13.6. The van der Waals surface area contributed by atoms with Crippen LogP contribution in [0.5, 0.6) is 0 Å². The maximum atomic E-state index is 12.9. The van der Waals surface area contributed by atoms with Gasteiger partial charge < -0.3 is 10.6 Å². The van der Waals surface area contributed by atoms with Crippen molar-refractivity contribution in [3.05, 3.63) is 53.6 Å². The Hall–Kier alpha value is -2.82. The van der Waals surface area contributed by atoms with Gasteiger partial charge in [0.15, 0.2) is 0 Å². The molecule has 0 fully saturated rings. The number of carbonyl (C=O) groups is 2. The fourth-order valence-electron chi connectivity index (χ4n) is 3.47. The lowest BCUT2D eigenvalue weighted by Gasteiger charge is -2.39. The topological polar surface area (TPSA) is 61.4 Å². The van der Waals surface area contributed by atoms with Crippen LogP contribution in [0.2, 0.25) is 0 Å². The third-order valence-electron chi connectivity index (χ3n) is 4.91. The number of amides is 2. The molecule has 1 aliphatic rings. The van der Waals surface area contributed by atoms with Crippen molar-refractivity contribution >= 4 is 28.9 Å². The van der Waals surface area contributed by atoms with Crippen molar-refractivity contribution in [3.63, 3.8) is 0 Å². The van der Waals surface area contributed by atoms with E-state index in [-0.39, 0.29) is 18.4 Å². The molecule has 2 N–H and O–H groups in total. The SMILES string of the molecule is Cc1cccc(C(C)C)c1NC(=O)CN1C(=O)C(C)(C)Nc2ccccc21. The Labute approximate surface area is 160 Å². The molecule has 1 aliphatic heterocycles. The van der Waals surface area contributed by atoms with E-state index in [1.54, 1.807) is 4.90 Å². The average molecular weight is 365 g/mol. The van der Waals surface area contributed by atoms with Crippen LogP contribution < -0.4 is 15.5 Å². The Kier molecular flexibility index (Phi) is 4.96. The number of aryl methyl sites for hydroxylation is 1. The monoisotopic (exact) mass is 365 g/mol. The molecule has 27 heavy (non-hydrogen) atoms. The molecule has 0 aromatic heterocycles. The van der Waals surface area contributed by atoms with Gasteiger partial charge in [-0.3, -0.25) is 14.5 Å². The van der Waals surface area contributed by atoms with E-state index in [9.17, 15) is 9.59 Å². The Morgan fingerprint density at radius 2 is 1.85 bits per heavy atom. The molecule has 3 rings (SSSR count). The number of para-hydroxylation sites is 3. The number of nitrogens with one attached hydrogen (secondary N) is 2. The quantitative estimate of drug-likeness (QED) is 0.849. The number of hydrogen-bond donors (Lipinski definition) is 2. The van der Waals surface area contributed by atoms with Gasteiger partial charge in [0.05, 0.1) is 11.4 Å². The second-order valence-corrected chi connectivity index (χ2v) is 7.90. The number of nitrogens with zero attached hydrogens (tertiary/aromatic N) is 1. The van der Waals surface area contributed by atoms with Gasteiger partial charge in [-0.25, -0.2) is 0 Å². The Morgan fingerprint density at radius 3 is 2.56 bits per heavy atom. The molecule has 1 heterocycles. The number of fused-ring (bicyclic) bond motifs is 1. The van der Waals surface area contributed by atoms with Crippen LogP contribution in [-0.2, 0) is 9.59 Å². The zero-order valence-electron chi connectivity index (χ0n) is 16.6. The highest BCUT2D eigenvalue weighted by Crippen LogP contribution is 2.35. The van der Waals surface area contributed by atoms with E-state index in [4.69, 9.17) is 0 Å². The number of benzene rings is 2. The highest BCUT2D eigenvalue weighted by Gasteiger charge is 2.39. The number of carbonyl (C=O) groups excluding carboxylic acids is 2. The van der Waals surface area contributed by atoms with Crippen LogP contribution in [-0.4, -0.2) is 23.9 Å². The van der Waals surface area contributed by atoms with Crippen molar-refractivity contribution in [1.29, 1.82) is 0 Å². The molecular formula is C22H27N3O2. The van der Waals surface area contributed by atoms with Crippen LogP contribution in [0, 0.1) is 6.92 Å². The first-order chi connectivity index (χ1) is 12.7. The van der Waals surface area contributed by atoms with Gasteiger partial charge in [0.2, 0.25) is 5.91 Å². The van der Waals surface area contributed by atoms with Crippen LogP contribution in [0.15, 0.2) is 42.5 Å². The van der Waals surface area contributed by atoms with Crippen LogP contribution in [0.3, 0.4) is 0 Å². The molecule has 0 radical (unpaired) electrons. The molecule has 0 unspecified atom stereocenters.